The average Bonchev–Trinajstić information content (AvgIpc) is 2.61. The molecule has 0 fully saturated rings. The Labute approximate surface area is 146 Å². The van der Waals surface area contributed by atoms with Crippen molar-refractivity contribution in [1.29, 1.82) is 0 Å². The highest BCUT2D eigenvalue weighted by molar-refractivity contribution is 5.97. The van der Waals surface area contributed by atoms with Gasteiger partial charge in [-0.2, -0.15) is 0 Å². The van der Waals surface area contributed by atoms with Crippen LogP contribution in [0.25, 0.3) is 0 Å². The Balaban J connectivity index is 1.85. The first-order chi connectivity index (χ1) is 12.0. The van der Waals surface area contributed by atoms with Gasteiger partial charge in [-0.3, -0.25) is 9.78 Å². The van der Waals surface area contributed by atoms with E-state index in [0.717, 1.165) is 11.3 Å². The van der Waals surface area contributed by atoms with Crippen LogP contribution in [0.1, 0.15) is 21.5 Å². The van der Waals surface area contributed by atoms with Gasteiger partial charge in [0.25, 0.3) is 0 Å². The lowest BCUT2D eigenvalue weighted by Gasteiger charge is -2.20. The lowest BCUT2D eigenvalue weighted by Crippen LogP contribution is -2.11. The molecule has 0 saturated carbocycles. The minimum Gasteiger partial charge on any atom is -0.343 e. The molecule has 1 aromatic heterocycles. The summed E-state index contributed by atoms with van der Waals surface area (Å²) >= 11 is 0. The highest BCUT2D eigenvalue weighted by Gasteiger charge is 2.12. The molecule has 0 spiro atoms. The van der Waals surface area contributed by atoms with Crippen LogP contribution in [-0.2, 0) is 6.42 Å². The van der Waals surface area contributed by atoms with Crippen molar-refractivity contribution in [3.63, 3.8) is 0 Å². The normalized spacial score (nSPS) is 10.5. The molecule has 0 amide bonds. The molecule has 3 nitrogen and oxygen atoms in total. The Kier molecular flexibility index (Phi) is 4.89. The lowest BCUT2D eigenvalue weighted by atomic mass is 10.0. The van der Waals surface area contributed by atoms with E-state index in [4.69, 9.17) is 0 Å². The van der Waals surface area contributed by atoms with E-state index in [1.54, 1.807) is 18.5 Å². The van der Waals surface area contributed by atoms with E-state index in [1.165, 1.54) is 12.1 Å². The zero-order valence-corrected chi connectivity index (χ0v) is 14.2. The number of carbonyl (C=O) groups is 1. The molecule has 4 heteroatoms. The molecule has 0 N–H and O–H groups in total. The summed E-state index contributed by atoms with van der Waals surface area (Å²) in [6.07, 6.45) is 3.56. The summed E-state index contributed by atoms with van der Waals surface area (Å²) in [5, 5.41) is 0. The Morgan fingerprint density at radius 1 is 1.08 bits per heavy atom. The van der Waals surface area contributed by atoms with Crippen molar-refractivity contribution in [3.8, 4) is 0 Å². The highest BCUT2D eigenvalue weighted by Crippen LogP contribution is 2.25. The monoisotopic (exact) mass is 334 g/mol. The van der Waals surface area contributed by atoms with Crippen molar-refractivity contribution in [1.82, 2.24) is 4.98 Å². The summed E-state index contributed by atoms with van der Waals surface area (Å²) in [7, 11) is 1.85. The minimum atomic E-state index is -0.361. The largest absolute Gasteiger partial charge is 0.343 e. The van der Waals surface area contributed by atoms with Gasteiger partial charge >= 0.3 is 0 Å². The number of aromatic nitrogens is 1. The van der Waals surface area contributed by atoms with Crippen LogP contribution < -0.4 is 4.90 Å². The number of pyridine rings is 1. The lowest BCUT2D eigenvalue weighted by molar-refractivity contribution is 0.0993. The van der Waals surface area contributed by atoms with Crippen LogP contribution in [0.3, 0.4) is 0 Å². The topological polar surface area (TPSA) is 33.2 Å². The number of rotatable bonds is 5. The van der Waals surface area contributed by atoms with Gasteiger partial charge in [0.1, 0.15) is 5.82 Å². The number of hydrogen-bond donors (Lipinski definition) is 0. The van der Waals surface area contributed by atoms with Crippen molar-refractivity contribution in [2.24, 2.45) is 0 Å². The zero-order valence-electron chi connectivity index (χ0n) is 14.2. The summed E-state index contributed by atoms with van der Waals surface area (Å²) in [6.45, 7) is 1.94. The smallest absolute Gasteiger partial charge is 0.167 e. The third-order valence-electron chi connectivity index (χ3n) is 4.07. The summed E-state index contributed by atoms with van der Waals surface area (Å²) in [6, 6.07) is 15.9. The molecule has 0 aliphatic rings. The molecule has 0 bridgehead atoms. The number of Topliss-reactive ketones (excluding diaryl/α,β-unsaturated/α-hetero) is 1. The predicted molar refractivity (Wildman–Crippen MR) is 97.9 cm³/mol. The first-order valence-corrected chi connectivity index (χ1v) is 8.06. The number of anilines is 2. The third kappa shape index (κ3) is 4.10. The van der Waals surface area contributed by atoms with E-state index in [-0.39, 0.29) is 18.0 Å². The van der Waals surface area contributed by atoms with Crippen LogP contribution in [0.15, 0.2) is 67.0 Å². The van der Waals surface area contributed by atoms with E-state index >= 15 is 0 Å². The molecule has 0 saturated heterocycles. The maximum Gasteiger partial charge on any atom is 0.167 e. The fourth-order valence-corrected chi connectivity index (χ4v) is 2.74. The second kappa shape index (κ2) is 7.26. The van der Waals surface area contributed by atoms with Crippen molar-refractivity contribution in [3.05, 3.63) is 89.5 Å². The van der Waals surface area contributed by atoms with Crippen LogP contribution in [0.5, 0.6) is 0 Å². The molecular formula is C21H19FN2O. The molecule has 0 atom stereocenters. The van der Waals surface area contributed by atoms with Crippen molar-refractivity contribution in [2.45, 2.75) is 13.3 Å². The third-order valence-corrected chi connectivity index (χ3v) is 4.07. The molecule has 25 heavy (non-hydrogen) atoms. The quantitative estimate of drug-likeness (QED) is 0.633. The van der Waals surface area contributed by atoms with E-state index in [2.05, 4.69) is 4.98 Å². The Hall–Kier alpha value is -3.01. The first-order valence-electron chi connectivity index (χ1n) is 8.06. The number of aryl methyl sites for hydroxylation is 1. The summed E-state index contributed by atoms with van der Waals surface area (Å²) in [5.41, 5.74) is 3.86. The van der Waals surface area contributed by atoms with Gasteiger partial charge in [-0.25, -0.2) is 4.39 Å². The number of hydrogen-bond acceptors (Lipinski definition) is 3. The number of benzene rings is 2. The molecule has 1 heterocycles. The van der Waals surface area contributed by atoms with Crippen LogP contribution in [0, 0.1) is 12.7 Å². The van der Waals surface area contributed by atoms with E-state index < -0.39 is 0 Å². The molecule has 3 aromatic rings. The molecule has 0 unspecified atom stereocenters. The summed E-state index contributed by atoms with van der Waals surface area (Å²) in [4.78, 5) is 18.4. The second-order valence-corrected chi connectivity index (χ2v) is 6.06. The fraction of sp³-hybridized carbons (Fsp3) is 0.143. The van der Waals surface area contributed by atoms with Crippen molar-refractivity contribution < 1.29 is 9.18 Å². The number of nitrogens with zero attached hydrogens (tertiary/aromatic N) is 2. The van der Waals surface area contributed by atoms with Crippen LogP contribution in [-0.4, -0.2) is 17.8 Å². The number of halogens is 1. The molecular weight excluding hydrogens is 315 g/mol. The Bertz CT molecular complexity index is 893. The minimum absolute atomic E-state index is 0.0238. The highest BCUT2D eigenvalue weighted by atomic mass is 19.1. The molecule has 2 aromatic carbocycles. The molecule has 0 aliphatic carbocycles. The standard InChI is InChI=1S/C21H19FN2O/c1-15-5-3-6-17(9-15)21(25)12-16-10-18(22)13-20(11-16)24(2)19-7-4-8-23-14-19/h3-11,13-14H,12H2,1-2H3. The number of ketones is 1. The van der Waals surface area contributed by atoms with Gasteiger partial charge in [0.2, 0.25) is 0 Å². The van der Waals surface area contributed by atoms with Gasteiger partial charge in [-0.05, 0) is 48.9 Å². The number of carbonyl (C=O) groups excluding carboxylic acids is 1. The van der Waals surface area contributed by atoms with Crippen molar-refractivity contribution in [2.75, 3.05) is 11.9 Å². The first kappa shape index (κ1) is 16.8. The SMILES string of the molecule is Cc1cccc(C(=O)Cc2cc(F)cc(N(C)c3cccnc3)c2)c1. The zero-order chi connectivity index (χ0) is 17.8. The fourth-order valence-electron chi connectivity index (χ4n) is 2.74. The second-order valence-electron chi connectivity index (χ2n) is 6.06. The summed E-state index contributed by atoms with van der Waals surface area (Å²) in [5.74, 6) is -0.385. The van der Waals surface area contributed by atoms with Gasteiger partial charge in [-0.1, -0.05) is 23.8 Å². The van der Waals surface area contributed by atoms with Crippen molar-refractivity contribution >= 4 is 17.2 Å². The van der Waals surface area contributed by atoms with Crippen LogP contribution >= 0.6 is 0 Å². The average molecular weight is 334 g/mol. The molecule has 126 valence electrons. The predicted octanol–water partition coefficient (Wildman–Crippen LogP) is 4.72. The molecule has 0 aliphatic heterocycles. The summed E-state index contributed by atoms with van der Waals surface area (Å²) < 4.78 is 14.1. The van der Waals surface area contributed by atoms with Gasteiger partial charge in [-0.15, -0.1) is 0 Å². The van der Waals surface area contributed by atoms with E-state index in [1.807, 2.05) is 55.3 Å². The Morgan fingerprint density at radius 2 is 1.92 bits per heavy atom. The van der Waals surface area contributed by atoms with Gasteiger partial charge in [0, 0.05) is 30.9 Å². The van der Waals surface area contributed by atoms with Gasteiger partial charge < -0.3 is 4.90 Å². The maximum atomic E-state index is 14.1. The van der Waals surface area contributed by atoms with E-state index in [9.17, 15) is 9.18 Å². The van der Waals surface area contributed by atoms with Crippen LogP contribution in [0.4, 0.5) is 15.8 Å². The molecule has 0 radical (unpaired) electrons. The van der Waals surface area contributed by atoms with Crippen LogP contribution in [0.2, 0.25) is 0 Å². The van der Waals surface area contributed by atoms with Gasteiger partial charge in [0.05, 0.1) is 11.9 Å². The van der Waals surface area contributed by atoms with Gasteiger partial charge in [0.15, 0.2) is 5.78 Å². The maximum absolute atomic E-state index is 14.1. The molecule has 3 rings (SSSR count). The van der Waals surface area contributed by atoms with E-state index in [0.29, 0.717) is 16.8 Å². The Morgan fingerprint density at radius 3 is 2.64 bits per heavy atom.